The van der Waals surface area contributed by atoms with Crippen molar-refractivity contribution in [2.45, 2.75) is 13.3 Å². The molecule has 0 radical (unpaired) electrons. The quantitative estimate of drug-likeness (QED) is 0.738. The van der Waals surface area contributed by atoms with Gasteiger partial charge in [0.1, 0.15) is 11.0 Å². The molecule has 0 N–H and O–H groups in total. The van der Waals surface area contributed by atoms with E-state index in [4.69, 9.17) is 0 Å². The van der Waals surface area contributed by atoms with Gasteiger partial charge in [0.2, 0.25) is 0 Å². The lowest BCUT2D eigenvalue weighted by Gasteiger charge is -2.21. The average Bonchev–Trinajstić information content (AvgIpc) is 2.97. The lowest BCUT2D eigenvalue weighted by molar-refractivity contribution is 0.0954. The Labute approximate surface area is 122 Å². The van der Waals surface area contributed by atoms with E-state index in [1.165, 1.54) is 0 Å². The van der Waals surface area contributed by atoms with Crippen LogP contribution in [0.25, 0.3) is 11.0 Å². The van der Waals surface area contributed by atoms with Crippen molar-refractivity contribution < 1.29 is 4.79 Å². The fraction of sp³-hybridized carbons (Fsp3) is 0.188. The Balaban J connectivity index is 2.04. The summed E-state index contributed by atoms with van der Waals surface area (Å²) in [5.74, 6) is -0.0758. The van der Waals surface area contributed by atoms with Gasteiger partial charge in [0, 0.05) is 12.1 Å². The molecule has 106 valence electrons. The summed E-state index contributed by atoms with van der Waals surface area (Å²) >= 11 is 0. The molecule has 1 amide bonds. The van der Waals surface area contributed by atoms with Gasteiger partial charge >= 0.3 is 0 Å². The zero-order valence-corrected chi connectivity index (χ0v) is 11.8. The first-order valence-electron chi connectivity index (χ1n) is 6.99. The number of nitrogens with zero attached hydrogens (tertiary/aromatic N) is 4. The molecule has 0 unspecified atom stereocenters. The Bertz CT molecular complexity index is 751. The summed E-state index contributed by atoms with van der Waals surface area (Å²) in [5, 5.41) is 9.88. The smallest absolute Gasteiger partial charge is 0.267 e. The number of rotatable bonds is 4. The molecular weight excluding hydrogens is 264 g/mol. The predicted octanol–water partition coefficient (Wildman–Crippen LogP) is 2.62. The number of carbonyl (C=O) groups is 1. The normalized spacial score (nSPS) is 10.7. The Morgan fingerprint density at radius 3 is 2.57 bits per heavy atom. The van der Waals surface area contributed by atoms with Gasteiger partial charge in [-0.2, -0.15) is 0 Å². The van der Waals surface area contributed by atoms with E-state index in [2.05, 4.69) is 10.3 Å². The Kier molecular flexibility index (Phi) is 3.64. The second-order valence-electron chi connectivity index (χ2n) is 4.76. The minimum Gasteiger partial charge on any atom is -0.267 e. The molecule has 0 atom stereocenters. The van der Waals surface area contributed by atoms with Crippen molar-refractivity contribution in [1.29, 1.82) is 0 Å². The molecule has 1 heterocycles. The minimum absolute atomic E-state index is 0.0758. The topological polar surface area (TPSA) is 51.0 Å². The maximum Gasteiger partial charge on any atom is 0.274 e. The summed E-state index contributed by atoms with van der Waals surface area (Å²) in [4.78, 5) is 14.3. The third-order valence-electron chi connectivity index (χ3n) is 3.25. The average molecular weight is 280 g/mol. The molecule has 0 bridgehead atoms. The molecule has 0 aliphatic carbocycles. The number of aromatic nitrogens is 3. The summed E-state index contributed by atoms with van der Waals surface area (Å²) in [6, 6.07) is 16.9. The number of benzene rings is 2. The van der Waals surface area contributed by atoms with Gasteiger partial charge in [0.25, 0.3) is 5.91 Å². The van der Waals surface area contributed by atoms with Gasteiger partial charge in [-0.3, -0.25) is 4.79 Å². The summed E-state index contributed by atoms with van der Waals surface area (Å²) < 4.78 is 0. The summed E-state index contributed by atoms with van der Waals surface area (Å²) in [6.07, 6.45) is 0.840. The highest BCUT2D eigenvalue weighted by molar-refractivity contribution is 6.02. The lowest BCUT2D eigenvalue weighted by atomic mass is 10.2. The number of hydrogen-bond donors (Lipinski definition) is 0. The van der Waals surface area contributed by atoms with Crippen molar-refractivity contribution in [2.75, 3.05) is 11.6 Å². The second-order valence-corrected chi connectivity index (χ2v) is 4.76. The molecule has 1 aromatic heterocycles. The highest BCUT2D eigenvalue weighted by atomic mass is 16.2. The van der Waals surface area contributed by atoms with Gasteiger partial charge in [0.15, 0.2) is 0 Å². The van der Waals surface area contributed by atoms with Crippen LogP contribution in [-0.2, 0) is 0 Å². The van der Waals surface area contributed by atoms with E-state index in [-0.39, 0.29) is 5.91 Å². The Hall–Kier alpha value is -2.69. The predicted molar refractivity (Wildman–Crippen MR) is 81.7 cm³/mol. The van der Waals surface area contributed by atoms with E-state index in [1.54, 1.807) is 9.80 Å². The van der Waals surface area contributed by atoms with Crippen LogP contribution in [0.5, 0.6) is 0 Å². The molecule has 0 aliphatic rings. The van der Waals surface area contributed by atoms with Crippen LogP contribution in [0.2, 0.25) is 0 Å². The van der Waals surface area contributed by atoms with Crippen LogP contribution in [0.1, 0.15) is 23.7 Å². The van der Waals surface area contributed by atoms with Gasteiger partial charge in [-0.05, 0) is 35.9 Å². The second kappa shape index (κ2) is 5.75. The highest BCUT2D eigenvalue weighted by Gasteiger charge is 2.19. The molecule has 0 saturated heterocycles. The minimum atomic E-state index is -0.0758. The van der Waals surface area contributed by atoms with E-state index in [0.29, 0.717) is 12.1 Å². The monoisotopic (exact) mass is 280 g/mol. The van der Waals surface area contributed by atoms with Gasteiger partial charge in [-0.25, -0.2) is 5.01 Å². The molecule has 3 rings (SSSR count). The summed E-state index contributed by atoms with van der Waals surface area (Å²) in [5.41, 5.74) is 2.25. The third-order valence-corrected chi connectivity index (χ3v) is 3.25. The van der Waals surface area contributed by atoms with Crippen LogP contribution in [0, 0.1) is 0 Å². The van der Waals surface area contributed by atoms with E-state index >= 15 is 0 Å². The number of amides is 1. The van der Waals surface area contributed by atoms with Crippen molar-refractivity contribution in [2.24, 2.45) is 0 Å². The van der Waals surface area contributed by atoms with E-state index in [1.807, 2.05) is 61.5 Å². The third kappa shape index (κ3) is 2.50. The summed E-state index contributed by atoms with van der Waals surface area (Å²) in [6.45, 7) is 2.62. The number of carbonyl (C=O) groups excluding carboxylic acids is 1. The summed E-state index contributed by atoms with van der Waals surface area (Å²) in [7, 11) is 0. The maximum atomic E-state index is 12.7. The number of para-hydroxylation sites is 1. The van der Waals surface area contributed by atoms with Crippen molar-refractivity contribution in [3.05, 3.63) is 60.2 Å². The molecule has 5 nitrogen and oxygen atoms in total. The Morgan fingerprint density at radius 2 is 1.81 bits per heavy atom. The van der Waals surface area contributed by atoms with Crippen LogP contribution in [0.4, 0.5) is 0 Å². The molecule has 0 spiro atoms. The van der Waals surface area contributed by atoms with Gasteiger partial charge < -0.3 is 0 Å². The van der Waals surface area contributed by atoms with Crippen molar-refractivity contribution in [1.82, 2.24) is 15.1 Å². The first-order chi connectivity index (χ1) is 10.3. The number of fused-ring (bicyclic) bond motifs is 1. The van der Waals surface area contributed by atoms with E-state index < -0.39 is 0 Å². The fourth-order valence-electron chi connectivity index (χ4n) is 2.26. The molecule has 0 fully saturated rings. The van der Waals surface area contributed by atoms with Gasteiger partial charge in [0.05, 0.1) is 0 Å². The highest BCUT2D eigenvalue weighted by Crippen LogP contribution is 2.12. The van der Waals surface area contributed by atoms with Crippen LogP contribution < -0.4 is 5.01 Å². The first-order valence-corrected chi connectivity index (χ1v) is 6.99. The van der Waals surface area contributed by atoms with Crippen LogP contribution in [0.3, 0.4) is 0 Å². The number of hydrogen-bond acceptors (Lipinski definition) is 3. The standard InChI is InChI=1S/C16H16N4O/c1-2-12-19(16(21)13-8-4-3-5-9-13)20-15-11-7-6-10-14(15)17-18-20/h3-11H,2,12H2,1H3. The fourth-order valence-corrected chi connectivity index (χ4v) is 2.26. The largest absolute Gasteiger partial charge is 0.274 e. The van der Waals surface area contributed by atoms with Crippen LogP contribution >= 0.6 is 0 Å². The van der Waals surface area contributed by atoms with Crippen molar-refractivity contribution >= 4 is 16.9 Å². The van der Waals surface area contributed by atoms with E-state index in [9.17, 15) is 4.79 Å². The molecule has 3 aromatic rings. The molecule has 0 saturated carbocycles. The Morgan fingerprint density at radius 1 is 1.10 bits per heavy atom. The zero-order chi connectivity index (χ0) is 14.7. The van der Waals surface area contributed by atoms with Crippen molar-refractivity contribution in [3.63, 3.8) is 0 Å². The lowest BCUT2D eigenvalue weighted by Crippen LogP contribution is -2.41. The molecular formula is C16H16N4O. The molecule has 21 heavy (non-hydrogen) atoms. The molecule has 2 aromatic carbocycles. The maximum absolute atomic E-state index is 12.7. The molecule has 0 aliphatic heterocycles. The first kappa shape index (κ1) is 13.3. The van der Waals surface area contributed by atoms with E-state index in [0.717, 1.165) is 17.5 Å². The van der Waals surface area contributed by atoms with Crippen LogP contribution in [-0.4, -0.2) is 27.6 Å². The van der Waals surface area contributed by atoms with Gasteiger partial charge in [-0.1, -0.05) is 37.3 Å². The zero-order valence-electron chi connectivity index (χ0n) is 11.8. The van der Waals surface area contributed by atoms with Gasteiger partial charge in [-0.15, -0.1) is 9.89 Å². The SMILES string of the molecule is CCCN(C(=O)c1ccccc1)n1nnc2ccccc21. The van der Waals surface area contributed by atoms with Crippen LogP contribution in [0.15, 0.2) is 54.6 Å². The molecule has 5 heteroatoms. The van der Waals surface area contributed by atoms with Crippen molar-refractivity contribution in [3.8, 4) is 0 Å².